The van der Waals surface area contributed by atoms with Crippen LogP contribution in [0.4, 0.5) is 5.82 Å². The summed E-state index contributed by atoms with van der Waals surface area (Å²) in [6.45, 7) is 4.35. The van der Waals surface area contributed by atoms with Gasteiger partial charge in [-0.3, -0.25) is 4.79 Å². The van der Waals surface area contributed by atoms with Crippen molar-refractivity contribution in [2.24, 2.45) is 0 Å². The highest BCUT2D eigenvalue weighted by atomic mass is 16.5. The molecule has 132 valence electrons. The van der Waals surface area contributed by atoms with E-state index in [1.165, 1.54) is 0 Å². The first-order chi connectivity index (χ1) is 12.3. The molecule has 0 aliphatic carbocycles. The van der Waals surface area contributed by atoms with Crippen LogP contribution < -0.4 is 15.0 Å². The highest BCUT2D eigenvalue weighted by molar-refractivity contribution is 5.76. The summed E-state index contributed by atoms with van der Waals surface area (Å²) < 4.78 is 5.62. The van der Waals surface area contributed by atoms with Crippen LogP contribution in [0.25, 0.3) is 0 Å². The fraction of sp³-hybridized carbons (Fsp3) is 0.400. The van der Waals surface area contributed by atoms with Crippen LogP contribution in [0.3, 0.4) is 0 Å². The Morgan fingerprint density at radius 3 is 2.92 bits per heavy atom. The monoisotopic (exact) mass is 339 g/mol. The SMILES string of the molecule is CCOc1ccccc1CCC(=O)NC1CCN(c2ccccn2)C1. The quantitative estimate of drug-likeness (QED) is 0.843. The van der Waals surface area contributed by atoms with E-state index in [1.807, 2.05) is 49.4 Å². The summed E-state index contributed by atoms with van der Waals surface area (Å²) in [7, 11) is 0. The standard InChI is InChI=1S/C20H25N3O2/c1-2-25-18-8-4-3-7-16(18)10-11-20(24)22-17-12-14-23(15-17)19-9-5-6-13-21-19/h3-9,13,17H,2,10-12,14-15H2,1H3,(H,22,24). The summed E-state index contributed by atoms with van der Waals surface area (Å²) in [6, 6.07) is 14.0. The van der Waals surface area contributed by atoms with Crippen LogP contribution in [-0.2, 0) is 11.2 Å². The average molecular weight is 339 g/mol. The van der Waals surface area contributed by atoms with E-state index in [0.717, 1.165) is 36.6 Å². The first-order valence-electron chi connectivity index (χ1n) is 8.92. The Balaban J connectivity index is 1.47. The molecular weight excluding hydrogens is 314 g/mol. The van der Waals surface area contributed by atoms with Gasteiger partial charge in [0.1, 0.15) is 11.6 Å². The van der Waals surface area contributed by atoms with Crippen LogP contribution in [0.5, 0.6) is 5.75 Å². The van der Waals surface area contributed by atoms with Crippen LogP contribution in [0.1, 0.15) is 25.3 Å². The highest BCUT2D eigenvalue weighted by Gasteiger charge is 2.24. The lowest BCUT2D eigenvalue weighted by Crippen LogP contribution is -2.37. The predicted molar refractivity (Wildman–Crippen MR) is 98.9 cm³/mol. The number of nitrogens with zero attached hydrogens (tertiary/aromatic N) is 2. The molecule has 25 heavy (non-hydrogen) atoms. The van der Waals surface area contributed by atoms with E-state index in [0.29, 0.717) is 19.4 Å². The molecule has 5 nitrogen and oxygen atoms in total. The van der Waals surface area contributed by atoms with Gasteiger partial charge in [-0.1, -0.05) is 24.3 Å². The summed E-state index contributed by atoms with van der Waals surface area (Å²) in [5.74, 6) is 1.95. The Labute approximate surface area is 149 Å². The van der Waals surface area contributed by atoms with E-state index >= 15 is 0 Å². The summed E-state index contributed by atoms with van der Waals surface area (Å²) in [5, 5.41) is 3.15. The van der Waals surface area contributed by atoms with Crippen LogP contribution in [0, 0.1) is 0 Å². The van der Waals surface area contributed by atoms with Gasteiger partial charge in [-0.15, -0.1) is 0 Å². The largest absolute Gasteiger partial charge is 0.494 e. The Morgan fingerprint density at radius 1 is 1.28 bits per heavy atom. The molecule has 0 spiro atoms. The van der Waals surface area contributed by atoms with Gasteiger partial charge in [0, 0.05) is 31.7 Å². The lowest BCUT2D eigenvalue weighted by molar-refractivity contribution is -0.121. The van der Waals surface area contributed by atoms with Gasteiger partial charge >= 0.3 is 0 Å². The topological polar surface area (TPSA) is 54.5 Å². The Bertz CT molecular complexity index is 690. The van der Waals surface area contributed by atoms with Crippen molar-refractivity contribution in [2.75, 3.05) is 24.6 Å². The number of nitrogens with one attached hydrogen (secondary N) is 1. The number of hydrogen-bond acceptors (Lipinski definition) is 4. The van der Waals surface area contributed by atoms with E-state index in [2.05, 4.69) is 15.2 Å². The van der Waals surface area contributed by atoms with Crippen molar-refractivity contribution in [3.63, 3.8) is 0 Å². The zero-order chi connectivity index (χ0) is 17.5. The van der Waals surface area contributed by atoms with Gasteiger partial charge in [-0.2, -0.15) is 0 Å². The van der Waals surface area contributed by atoms with Crippen LogP contribution in [0.15, 0.2) is 48.7 Å². The number of amides is 1. The smallest absolute Gasteiger partial charge is 0.220 e. The van der Waals surface area contributed by atoms with Crippen LogP contribution in [-0.4, -0.2) is 36.6 Å². The molecule has 1 aromatic heterocycles. The van der Waals surface area contributed by atoms with Gasteiger partial charge < -0.3 is 15.0 Å². The van der Waals surface area contributed by atoms with Crippen molar-refractivity contribution in [3.05, 3.63) is 54.2 Å². The zero-order valence-electron chi connectivity index (χ0n) is 14.6. The zero-order valence-corrected chi connectivity index (χ0v) is 14.6. The Hall–Kier alpha value is -2.56. The summed E-state index contributed by atoms with van der Waals surface area (Å²) >= 11 is 0. The third-order valence-electron chi connectivity index (χ3n) is 4.42. The highest BCUT2D eigenvalue weighted by Crippen LogP contribution is 2.20. The molecule has 5 heteroatoms. The normalized spacial score (nSPS) is 16.7. The third-order valence-corrected chi connectivity index (χ3v) is 4.42. The van der Waals surface area contributed by atoms with E-state index in [1.54, 1.807) is 6.20 Å². The molecule has 0 saturated carbocycles. The molecule has 1 N–H and O–H groups in total. The molecule has 1 aliphatic heterocycles. The number of carbonyl (C=O) groups is 1. The fourth-order valence-corrected chi connectivity index (χ4v) is 3.18. The first-order valence-corrected chi connectivity index (χ1v) is 8.92. The Morgan fingerprint density at radius 2 is 2.12 bits per heavy atom. The number of hydrogen-bond donors (Lipinski definition) is 1. The molecule has 1 aliphatic rings. The molecule has 1 unspecified atom stereocenters. The molecule has 1 amide bonds. The van der Waals surface area contributed by atoms with Crippen molar-refractivity contribution in [1.82, 2.24) is 10.3 Å². The van der Waals surface area contributed by atoms with Gasteiger partial charge in [-0.05, 0) is 43.5 Å². The fourth-order valence-electron chi connectivity index (χ4n) is 3.18. The number of anilines is 1. The molecule has 1 fully saturated rings. The van der Waals surface area contributed by atoms with Crippen LogP contribution in [0.2, 0.25) is 0 Å². The molecule has 3 rings (SSSR count). The first kappa shape index (κ1) is 17.3. The minimum atomic E-state index is 0.0965. The van der Waals surface area contributed by atoms with Crippen molar-refractivity contribution in [2.45, 2.75) is 32.2 Å². The van der Waals surface area contributed by atoms with Crippen molar-refractivity contribution >= 4 is 11.7 Å². The summed E-state index contributed by atoms with van der Waals surface area (Å²) in [5.41, 5.74) is 1.08. The number of rotatable bonds is 7. The van der Waals surface area contributed by atoms with E-state index in [-0.39, 0.29) is 11.9 Å². The number of ether oxygens (including phenoxy) is 1. The van der Waals surface area contributed by atoms with Crippen molar-refractivity contribution in [3.8, 4) is 5.75 Å². The summed E-state index contributed by atoms with van der Waals surface area (Å²) in [4.78, 5) is 18.9. The average Bonchev–Trinajstić information content (AvgIpc) is 3.10. The molecule has 2 aromatic rings. The van der Waals surface area contributed by atoms with Gasteiger partial charge in [0.2, 0.25) is 5.91 Å². The van der Waals surface area contributed by atoms with E-state index in [9.17, 15) is 4.79 Å². The number of carbonyl (C=O) groups excluding carboxylic acids is 1. The summed E-state index contributed by atoms with van der Waals surface area (Å²) in [6.07, 6.45) is 3.93. The maximum Gasteiger partial charge on any atom is 0.220 e. The van der Waals surface area contributed by atoms with Gasteiger partial charge in [0.15, 0.2) is 0 Å². The molecule has 1 atom stereocenters. The second kappa shape index (κ2) is 8.51. The molecular formula is C20H25N3O2. The van der Waals surface area contributed by atoms with E-state index < -0.39 is 0 Å². The number of para-hydroxylation sites is 1. The lowest BCUT2D eigenvalue weighted by atomic mass is 10.1. The minimum Gasteiger partial charge on any atom is -0.494 e. The Kier molecular flexibility index (Phi) is 5.88. The number of aromatic nitrogens is 1. The second-order valence-corrected chi connectivity index (χ2v) is 6.23. The number of benzene rings is 1. The molecule has 1 aromatic carbocycles. The van der Waals surface area contributed by atoms with E-state index in [4.69, 9.17) is 4.74 Å². The molecule has 0 bridgehead atoms. The third kappa shape index (κ3) is 4.72. The molecule has 2 heterocycles. The van der Waals surface area contributed by atoms with Gasteiger partial charge in [-0.25, -0.2) is 4.98 Å². The second-order valence-electron chi connectivity index (χ2n) is 6.23. The number of aryl methyl sites for hydroxylation is 1. The molecule has 0 radical (unpaired) electrons. The van der Waals surface area contributed by atoms with Gasteiger partial charge in [0.25, 0.3) is 0 Å². The maximum absolute atomic E-state index is 12.3. The minimum absolute atomic E-state index is 0.0965. The predicted octanol–water partition coefficient (Wildman–Crippen LogP) is 2.81. The van der Waals surface area contributed by atoms with Crippen molar-refractivity contribution in [1.29, 1.82) is 0 Å². The maximum atomic E-state index is 12.3. The molecule has 1 saturated heterocycles. The van der Waals surface area contributed by atoms with Gasteiger partial charge in [0.05, 0.1) is 6.61 Å². The van der Waals surface area contributed by atoms with Crippen LogP contribution >= 0.6 is 0 Å². The number of pyridine rings is 1. The lowest BCUT2D eigenvalue weighted by Gasteiger charge is -2.17. The van der Waals surface area contributed by atoms with Crippen molar-refractivity contribution < 1.29 is 9.53 Å².